The van der Waals surface area contributed by atoms with Crippen molar-refractivity contribution in [1.29, 1.82) is 0 Å². The van der Waals surface area contributed by atoms with Gasteiger partial charge in [-0.05, 0) is 37.0 Å². The number of amides is 1. The number of methoxy groups -OCH3 is 1. The summed E-state index contributed by atoms with van der Waals surface area (Å²) in [5.41, 5.74) is 1.28. The molecule has 4 nitrogen and oxygen atoms in total. The summed E-state index contributed by atoms with van der Waals surface area (Å²) in [7, 11) is 1.61. The highest BCUT2D eigenvalue weighted by molar-refractivity contribution is 5.81. The highest BCUT2D eigenvalue weighted by Crippen LogP contribution is 2.20. The van der Waals surface area contributed by atoms with E-state index in [2.05, 4.69) is 17.4 Å². The van der Waals surface area contributed by atoms with E-state index in [4.69, 9.17) is 9.47 Å². The van der Waals surface area contributed by atoms with Crippen LogP contribution in [0.1, 0.15) is 25.3 Å². The molecule has 0 unspecified atom stereocenters. The Bertz CT molecular complexity index is 628. The fourth-order valence-corrected chi connectivity index (χ4v) is 2.42. The van der Waals surface area contributed by atoms with Crippen LogP contribution in [0.2, 0.25) is 0 Å². The van der Waals surface area contributed by atoms with Crippen molar-refractivity contribution >= 4 is 5.91 Å². The highest BCUT2D eigenvalue weighted by atomic mass is 16.5. The predicted octanol–water partition coefficient (Wildman–Crippen LogP) is 3.60. The average Bonchev–Trinajstić information content (AvgIpc) is 2.64. The third kappa shape index (κ3) is 5.61. The molecule has 4 heteroatoms. The van der Waals surface area contributed by atoms with Gasteiger partial charge in [0.05, 0.1) is 7.11 Å². The van der Waals surface area contributed by atoms with Gasteiger partial charge in [0.1, 0.15) is 11.5 Å². The summed E-state index contributed by atoms with van der Waals surface area (Å²) in [4.78, 5) is 12.3. The van der Waals surface area contributed by atoms with Crippen LogP contribution in [0.5, 0.6) is 11.5 Å². The molecule has 0 aliphatic heterocycles. The molecule has 0 heterocycles. The molecule has 1 atom stereocenters. The van der Waals surface area contributed by atoms with Gasteiger partial charge in [-0.25, -0.2) is 0 Å². The van der Waals surface area contributed by atoms with E-state index in [0.29, 0.717) is 24.5 Å². The third-order valence-electron chi connectivity index (χ3n) is 3.77. The van der Waals surface area contributed by atoms with Crippen molar-refractivity contribution in [2.45, 2.75) is 32.3 Å². The molecule has 0 aliphatic carbocycles. The van der Waals surface area contributed by atoms with Crippen LogP contribution in [-0.2, 0) is 11.2 Å². The van der Waals surface area contributed by atoms with Gasteiger partial charge in [-0.3, -0.25) is 4.79 Å². The van der Waals surface area contributed by atoms with Gasteiger partial charge in [0.25, 0.3) is 5.91 Å². The molecule has 2 aromatic rings. The summed E-state index contributed by atoms with van der Waals surface area (Å²) in [5, 5.41) is 2.96. The number of ether oxygens (including phenoxy) is 2. The van der Waals surface area contributed by atoms with Crippen LogP contribution >= 0.6 is 0 Å². The zero-order chi connectivity index (χ0) is 17.2. The largest absolute Gasteiger partial charge is 0.497 e. The molecule has 0 radical (unpaired) electrons. The van der Waals surface area contributed by atoms with Gasteiger partial charge in [-0.1, -0.05) is 43.3 Å². The topological polar surface area (TPSA) is 47.6 Å². The second-order valence-electron chi connectivity index (χ2n) is 5.57. The minimum Gasteiger partial charge on any atom is -0.497 e. The number of aryl methyl sites for hydroxylation is 1. The molecule has 1 amide bonds. The van der Waals surface area contributed by atoms with E-state index in [1.165, 1.54) is 5.56 Å². The second-order valence-corrected chi connectivity index (χ2v) is 5.57. The third-order valence-corrected chi connectivity index (χ3v) is 3.77. The van der Waals surface area contributed by atoms with Crippen molar-refractivity contribution in [3.63, 3.8) is 0 Å². The van der Waals surface area contributed by atoms with Crippen LogP contribution in [0.25, 0.3) is 0 Å². The van der Waals surface area contributed by atoms with Crippen molar-refractivity contribution in [1.82, 2.24) is 5.32 Å². The Balaban J connectivity index is 1.78. The molecule has 128 valence electrons. The lowest BCUT2D eigenvalue weighted by atomic mass is 10.1. The summed E-state index contributed by atoms with van der Waals surface area (Å²) in [6, 6.07) is 17.6. The molecule has 24 heavy (non-hydrogen) atoms. The van der Waals surface area contributed by atoms with Gasteiger partial charge in [-0.2, -0.15) is 0 Å². The number of carbonyl (C=O) groups is 1. The minimum atomic E-state index is -0.492. The smallest absolute Gasteiger partial charge is 0.261 e. The summed E-state index contributed by atoms with van der Waals surface area (Å²) in [6.45, 7) is 2.58. The van der Waals surface area contributed by atoms with Crippen LogP contribution in [0.3, 0.4) is 0 Å². The van der Waals surface area contributed by atoms with Crippen molar-refractivity contribution < 1.29 is 14.3 Å². The van der Waals surface area contributed by atoms with E-state index in [-0.39, 0.29) is 5.91 Å². The molecule has 0 saturated heterocycles. The molecule has 0 aliphatic rings. The number of benzene rings is 2. The molecule has 0 aromatic heterocycles. The van der Waals surface area contributed by atoms with Gasteiger partial charge in [0, 0.05) is 12.6 Å². The zero-order valence-corrected chi connectivity index (χ0v) is 14.3. The van der Waals surface area contributed by atoms with E-state index in [0.717, 1.165) is 12.8 Å². The maximum Gasteiger partial charge on any atom is 0.261 e. The predicted molar refractivity (Wildman–Crippen MR) is 95.5 cm³/mol. The van der Waals surface area contributed by atoms with Crippen molar-refractivity contribution in [3.05, 3.63) is 60.2 Å². The quantitative estimate of drug-likeness (QED) is 0.716. The Labute approximate surface area is 143 Å². The standard InChI is InChI=1S/C20H25NO3/c1-3-19(24-18-13-7-12-17(15-18)23-2)20(22)21-14-8-11-16-9-5-4-6-10-16/h4-7,9-10,12-13,15,19H,3,8,11,14H2,1-2H3,(H,21,22)/t19-/m0/s1. The first-order valence-corrected chi connectivity index (χ1v) is 8.35. The highest BCUT2D eigenvalue weighted by Gasteiger charge is 2.17. The molecule has 0 spiro atoms. The fourth-order valence-electron chi connectivity index (χ4n) is 2.42. The lowest BCUT2D eigenvalue weighted by Crippen LogP contribution is -2.38. The molecule has 1 N–H and O–H groups in total. The van der Waals surface area contributed by atoms with Crippen LogP contribution in [0, 0.1) is 0 Å². The number of carbonyl (C=O) groups excluding carboxylic acids is 1. The van der Waals surface area contributed by atoms with Crippen molar-refractivity contribution in [3.8, 4) is 11.5 Å². The number of rotatable bonds is 9. The summed E-state index contributed by atoms with van der Waals surface area (Å²) < 4.78 is 11.0. The molecule has 0 bridgehead atoms. The SMILES string of the molecule is CC[C@H](Oc1cccc(OC)c1)C(=O)NCCCc1ccccc1. The number of hydrogen-bond acceptors (Lipinski definition) is 3. The normalized spacial score (nSPS) is 11.6. The van der Waals surface area contributed by atoms with Crippen LogP contribution in [0.4, 0.5) is 0 Å². The van der Waals surface area contributed by atoms with E-state index >= 15 is 0 Å². The second kappa shape index (κ2) is 9.60. The van der Waals surface area contributed by atoms with Crippen LogP contribution in [-0.4, -0.2) is 25.7 Å². The van der Waals surface area contributed by atoms with Crippen molar-refractivity contribution in [2.24, 2.45) is 0 Å². The Kier molecular flexibility index (Phi) is 7.15. The number of hydrogen-bond donors (Lipinski definition) is 1. The first-order chi connectivity index (χ1) is 11.7. The summed E-state index contributed by atoms with van der Waals surface area (Å²) >= 11 is 0. The Morgan fingerprint density at radius 1 is 1.08 bits per heavy atom. The number of nitrogens with one attached hydrogen (secondary N) is 1. The Hall–Kier alpha value is -2.49. The monoisotopic (exact) mass is 327 g/mol. The Morgan fingerprint density at radius 2 is 1.83 bits per heavy atom. The average molecular weight is 327 g/mol. The van der Waals surface area contributed by atoms with Gasteiger partial charge in [-0.15, -0.1) is 0 Å². The first kappa shape index (κ1) is 17.9. The maximum absolute atomic E-state index is 12.3. The molecule has 2 aromatic carbocycles. The van der Waals surface area contributed by atoms with Gasteiger partial charge >= 0.3 is 0 Å². The van der Waals surface area contributed by atoms with Crippen LogP contribution in [0.15, 0.2) is 54.6 Å². The van der Waals surface area contributed by atoms with Gasteiger partial charge < -0.3 is 14.8 Å². The van der Waals surface area contributed by atoms with Gasteiger partial charge in [0.15, 0.2) is 6.10 Å². The molecule has 2 rings (SSSR count). The summed E-state index contributed by atoms with van der Waals surface area (Å²) in [5.74, 6) is 1.28. The van der Waals surface area contributed by atoms with Gasteiger partial charge in [0.2, 0.25) is 0 Å². The van der Waals surface area contributed by atoms with E-state index in [1.54, 1.807) is 13.2 Å². The first-order valence-electron chi connectivity index (χ1n) is 8.35. The molecular weight excluding hydrogens is 302 g/mol. The summed E-state index contributed by atoms with van der Waals surface area (Å²) in [6.07, 6.45) is 1.98. The van der Waals surface area contributed by atoms with Crippen LogP contribution < -0.4 is 14.8 Å². The molecule has 0 fully saturated rings. The Morgan fingerprint density at radius 3 is 2.54 bits per heavy atom. The molecular formula is C20H25NO3. The molecule has 0 saturated carbocycles. The maximum atomic E-state index is 12.3. The van der Waals surface area contributed by atoms with Crippen molar-refractivity contribution in [2.75, 3.05) is 13.7 Å². The van der Waals surface area contributed by atoms with E-state index < -0.39 is 6.10 Å². The van der Waals surface area contributed by atoms with E-state index in [9.17, 15) is 4.79 Å². The lowest BCUT2D eigenvalue weighted by molar-refractivity contribution is -0.128. The zero-order valence-electron chi connectivity index (χ0n) is 14.3. The van der Waals surface area contributed by atoms with E-state index in [1.807, 2.05) is 43.3 Å². The lowest BCUT2D eigenvalue weighted by Gasteiger charge is -2.17. The minimum absolute atomic E-state index is 0.0756. The fraction of sp³-hybridized carbons (Fsp3) is 0.350.